The second-order valence-corrected chi connectivity index (χ2v) is 5.34. The first kappa shape index (κ1) is 14.0. The second kappa shape index (κ2) is 5.04. The zero-order valence-corrected chi connectivity index (χ0v) is 11.5. The summed E-state index contributed by atoms with van der Waals surface area (Å²) < 4.78 is 1.58. The highest BCUT2D eigenvalue weighted by molar-refractivity contribution is 6.20. The summed E-state index contributed by atoms with van der Waals surface area (Å²) in [5.41, 5.74) is 1.15. The number of rotatable bonds is 4. The van der Waals surface area contributed by atoms with E-state index in [0.29, 0.717) is 11.4 Å². The molecule has 0 amide bonds. The molecule has 0 aliphatic heterocycles. The molecule has 0 fully saturated rings. The number of nitrogens with zero attached hydrogens (tertiary/aromatic N) is 3. The van der Waals surface area contributed by atoms with Crippen molar-refractivity contribution in [2.75, 3.05) is 0 Å². The van der Waals surface area contributed by atoms with E-state index < -0.39 is 0 Å². The Kier molecular flexibility index (Phi) is 4.14. The molecule has 96 valence electrons. The summed E-state index contributed by atoms with van der Waals surface area (Å²) in [7, 11) is 1.73. The largest absolute Gasteiger partial charge is 0.313 e. The van der Waals surface area contributed by atoms with Gasteiger partial charge in [0, 0.05) is 18.3 Å². The molecule has 17 heavy (non-hydrogen) atoms. The minimum absolute atomic E-state index is 0.0803. The van der Waals surface area contributed by atoms with Crippen LogP contribution in [0.1, 0.15) is 38.1 Å². The molecule has 0 saturated heterocycles. The van der Waals surface area contributed by atoms with Crippen LogP contribution in [-0.4, -0.2) is 20.1 Å². The van der Waals surface area contributed by atoms with Gasteiger partial charge >= 0.3 is 5.69 Å². The van der Waals surface area contributed by atoms with Crippen molar-refractivity contribution in [3.63, 3.8) is 0 Å². The Balaban J connectivity index is 3.42. The number of aryl methyl sites for hydroxylation is 2. The Hall–Kier alpha value is -1.10. The van der Waals surface area contributed by atoms with Crippen LogP contribution < -0.4 is 0 Å². The van der Waals surface area contributed by atoms with Gasteiger partial charge in [0.15, 0.2) is 0 Å². The van der Waals surface area contributed by atoms with Crippen molar-refractivity contribution in [2.45, 2.75) is 39.0 Å². The fourth-order valence-corrected chi connectivity index (χ4v) is 2.74. The molecule has 0 radical (unpaired) electrons. The Bertz CT molecular complexity index is 419. The minimum atomic E-state index is -0.369. The van der Waals surface area contributed by atoms with E-state index >= 15 is 0 Å². The first-order valence-electron chi connectivity index (χ1n) is 5.59. The molecular weight excluding hydrogens is 242 g/mol. The molecule has 0 N–H and O–H groups in total. The van der Waals surface area contributed by atoms with Crippen LogP contribution in [0.4, 0.5) is 5.69 Å². The molecular formula is C11H18ClN3O2. The quantitative estimate of drug-likeness (QED) is 0.474. The van der Waals surface area contributed by atoms with Gasteiger partial charge in [0.2, 0.25) is 0 Å². The lowest BCUT2D eigenvalue weighted by Crippen LogP contribution is -2.20. The number of alkyl halides is 1. The third-order valence-electron chi connectivity index (χ3n) is 2.95. The maximum atomic E-state index is 11.1. The van der Waals surface area contributed by atoms with E-state index in [1.165, 1.54) is 0 Å². The predicted molar refractivity (Wildman–Crippen MR) is 67.5 cm³/mol. The predicted octanol–water partition coefficient (Wildman–Crippen LogP) is 3.00. The smallest absolute Gasteiger partial charge is 0.265 e. The normalized spacial score (nSPS) is 15.0. The number of nitro groups is 1. The van der Waals surface area contributed by atoms with Gasteiger partial charge < -0.3 is 0 Å². The van der Waals surface area contributed by atoms with Gasteiger partial charge in [-0.05, 0) is 19.8 Å². The standard InChI is InChI=1S/C11H18ClN3O2/c1-6(2)9(7(3)12)11-10(15(16)17)8(4)13-14(11)5/h6-7,9H,1-5H3. The van der Waals surface area contributed by atoms with E-state index in [1.54, 1.807) is 18.7 Å². The monoisotopic (exact) mass is 259 g/mol. The molecule has 0 aromatic carbocycles. The topological polar surface area (TPSA) is 61.0 Å². The SMILES string of the molecule is Cc1nn(C)c(C(C(C)C)C(C)Cl)c1[N+](=O)[O-]. The van der Waals surface area contributed by atoms with Gasteiger partial charge in [-0.15, -0.1) is 11.6 Å². The van der Waals surface area contributed by atoms with Crippen molar-refractivity contribution >= 4 is 17.3 Å². The van der Waals surface area contributed by atoms with Crippen LogP contribution in [0.25, 0.3) is 0 Å². The molecule has 1 heterocycles. The summed E-state index contributed by atoms with van der Waals surface area (Å²) in [5.74, 6) is 0.138. The number of halogens is 1. The zero-order valence-electron chi connectivity index (χ0n) is 10.8. The Morgan fingerprint density at radius 2 is 1.94 bits per heavy atom. The van der Waals surface area contributed by atoms with Crippen molar-refractivity contribution in [2.24, 2.45) is 13.0 Å². The van der Waals surface area contributed by atoms with Crippen molar-refractivity contribution < 1.29 is 4.92 Å². The lowest BCUT2D eigenvalue weighted by molar-refractivity contribution is -0.386. The van der Waals surface area contributed by atoms with Crippen molar-refractivity contribution in [3.8, 4) is 0 Å². The van der Waals surface area contributed by atoms with E-state index in [1.807, 2.05) is 20.8 Å². The molecule has 1 aromatic heterocycles. The maximum Gasteiger partial charge on any atom is 0.313 e. The first-order valence-corrected chi connectivity index (χ1v) is 6.03. The van der Waals surface area contributed by atoms with Gasteiger partial charge in [-0.2, -0.15) is 5.10 Å². The molecule has 0 aliphatic rings. The fraction of sp³-hybridized carbons (Fsp3) is 0.727. The lowest BCUT2D eigenvalue weighted by atomic mass is 9.88. The molecule has 0 aliphatic carbocycles. The van der Waals surface area contributed by atoms with Gasteiger partial charge in [0.25, 0.3) is 0 Å². The van der Waals surface area contributed by atoms with E-state index in [-0.39, 0.29) is 27.8 Å². The van der Waals surface area contributed by atoms with Gasteiger partial charge in [-0.1, -0.05) is 13.8 Å². The van der Waals surface area contributed by atoms with Crippen molar-refractivity contribution in [3.05, 3.63) is 21.5 Å². The summed E-state index contributed by atoms with van der Waals surface area (Å²) in [6, 6.07) is 0. The second-order valence-electron chi connectivity index (χ2n) is 4.65. The van der Waals surface area contributed by atoms with Crippen molar-refractivity contribution in [1.82, 2.24) is 9.78 Å². The molecule has 0 saturated carbocycles. The summed E-state index contributed by atoms with van der Waals surface area (Å²) in [6.45, 7) is 7.53. The highest BCUT2D eigenvalue weighted by Gasteiger charge is 2.34. The summed E-state index contributed by atoms with van der Waals surface area (Å²) in [4.78, 5) is 10.7. The highest BCUT2D eigenvalue weighted by Crippen LogP contribution is 2.37. The molecule has 5 nitrogen and oxygen atoms in total. The van der Waals surface area contributed by atoms with Crippen LogP contribution in [-0.2, 0) is 7.05 Å². The number of hydrogen-bond donors (Lipinski definition) is 0. The van der Waals surface area contributed by atoms with Crippen LogP contribution in [0.15, 0.2) is 0 Å². The van der Waals surface area contributed by atoms with Gasteiger partial charge in [0.05, 0.1) is 4.92 Å². The van der Waals surface area contributed by atoms with Gasteiger partial charge in [0.1, 0.15) is 11.4 Å². The van der Waals surface area contributed by atoms with Crippen LogP contribution >= 0.6 is 11.6 Å². The van der Waals surface area contributed by atoms with E-state index in [2.05, 4.69) is 5.10 Å². The molecule has 0 spiro atoms. The first-order chi connectivity index (χ1) is 7.77. The molecule has 1 rings (SSSR count). The highest BCUT2D eigenvalue weighted by atomic mass is 35.5. The molecule has 2 unspecified atom stereocenters. The third-order valence-corrected chi connectivity index (χ3v) is 3.22. The van der Waals surface area contributed by atoms with Crippen LogP contribution in [0.3, 0.4) is 0 Å². The molecule has 1 aromatic rings. The van der Waals surface area contributed by atoms with E-state index in [0.717, 1.165) is 0 Å². The van der Waals surface area contributed by atoms with Crippen LogP contribution in [0.5, 0.6) is 0 Å². The number of hydrogen-bond acceptors (Lipinski definition) is 3. The summed E-state index contributed by atoms with van der Waals surface area (Å²) >= 11 is 6.17. The average molecular weight is 260 g/mol. The summed E-state index contributed by atoms with van der Waals surface area (Å²) in [6.07, 6.45) is 0. The fourth-order valence-electron chi connectivity index (χ4n) is 2.33. The number of aromatic nitrogens is 2. The van der Waals surface area contributed by atoms with E-state index in [9.17, 15) is 10.1 Å². The van der Waals surface area contributed by atoms with Crippen LogP contribution in [0, 0.1) is 23.0 Å². The van der Waals surface area contributed by atoms with Gasteiger partial charge in [-0.25, -0.2) is 0 Å². The van der Waals surface area contributed by atoms with Crippen molar-refractivity contribution in [1.29, 1.82) is 0 Å². The van der Waals surface area contributed by atoms with E-state index in [4.69, 9.17) is 11.6 Å². The lowest BCUT2D eigenvalue weighted by Gasteiger charge is -2.22. The Labute approximate surface area is 106 Å². The zero-order chi connectivity index (χ0) is 13.3. The minimum Gasteiger partial charge on any atom is -0.265 e. The van der Waals surface area contributed by atoms with Gasteiger partial charge in [-0.3, -0.25) is 14.8 Å². The maximum absolute atomic E-state index is 11.1. The molecule has 6 heteroatoms. The summed E-state index contributed by atoms with van der Waals surface area (Å²) in [5, 5.41) is 15.1. The Morgan fingerprint density at radius 3 is 2.29 bits per heavy atom. The molecule has 0 bridgehead atoms. The third kappa shape index (κ3) is 2.60. The average Bonchev–Trinajstić information content (AvgIpc) is 2.40. The molecule has 2 atom stereocenters. The van der Waals surface area contributed by atoms with Crippen LogP contribution in [0.2, 0.25) is 0 Å². The Morgan fingerprint density at radius 1 is 1.41 bits per heavy atom.